The summed E-state index contributed by atoms with van der Waals surface area (Å²) in [4.78, 5) is 0. The maximum Gasteiger partial charge on any atom is 0.0490 e. The van der Waals surface area contributed by atoms with Gasteiger partial charge in [0.2, 0.25) is 0 Å². The number of rotatable bonds is 9. The van der Waals surface area contributed by atoms with Crippen molar-refractivity contribution in [2.75, 3.05) is 6.54 Å². The first-order valence-corrected chi connectivity index (χ1v) is 6.55. The second kappa shape index (κ2) is 8.34. The normalized spacial score (nSPS) is 12.9. The van der Waals surface area contributed by atoms with Gasteiger partial charge in [-0.05, 0) is 31.4 Å². The molecule has 0 amide bonds. The zero-order valence-electron chi connectivity index (χ0n) is 10.6. The summed E-state index contributed by atoms with van der Waals surface area (Å²) in [6.45, 7) is 6.58. The maximum atomic E-state index is 3.94. The van der Waals surface area contributed by atoms with Gasteiger partial charge >= 0.3 is 0 Å². The molecule has 0 spiro atoms. The van der Waals surface area contributed by atoms with Crippen LogP contribution in [0.2, 0.25) is 0 Å². The predicted molar refractivity (Wildman–Crippen MR) is 68.2 cm³/mol. The molecule has 92 valence electrons. The van der Waals surface area contributed by atoms with E-state index in [0.29, 0.717) is 0 Å². The summed E-state index contributed by atoms with van der Waals surface area (Å²) < 4.78 is 0. The van der Waals surface area contributed by atoms with Crippen LogP contribution in [-0.4, -0.2) is 16.7 Å². The van der Waals surface area contributed by atoms with Gasteiger partial charge in [-0.3, -0.25) is 5.10 Å². The second-order valence-electron chi connectivity index (χ2n) is 4.51. The van der Waals surface area contributed by atoms with Gasteiger partial charge in [-0.1, -0.05) is 33.1 Å². The fourth-order valence-corrected chi connectivity index (χ4v) is 2.04. The van der Waals surface area contributed by atoms with Crippen LogP contribution < -0.4 is 5.32 Å². The molecule has 1 unspecified atom stereocenters. The number of nitrogens with one attached hydrogen (secondary N) is 2. The smallest absolute Gasteiger partial charge is 0.0490 e. The number of aromatic nitrogens is 2. The lowest BCUT2D eigenvalue weighted by atomic mass is 9.97. The van der Waals surface area contributed by atoms with Crippen molar-refractivity contribution >= 4 is 0 Å². The van der Waals surface area contributed by atoms with Crippen LogP contribution in [0.25, 0.3) is 0 Å². The van der Waals surface area contributed by atoms with E-state index >= 15 is 0 Å². The van der Waals surface area contributed by atoms with Crippen molar-refractivity contribution in [3.63, 3.8) is 0 Å². The SMILES string of the molecule is CCCCC(CCC)CNCc1ccn[nH]1. The highest BCUT2D eigenvalue weighted by molar-refractivity contribution is 4.96. The average Bonchev–Trinajstić information content (AvgIpc) is 2.79. The van der Waals surface area contributed by atoms with Gasteiger partial charge in [0.25, 0.3) is 0 Å². The molecular weight excluding hydrogens is 198 g/mol. The largest absolute Gasteiger partial charge is 0.311 e. The van der Waals surface area contributed by atoms with Gasteiger partial charge in [-0.15, -0.1) is 0 Å². The number of unbranched alkanes of at least 4 members (excludes halogenated alkanes) is 1. The molecule has 0 radical (unpaired) electrons. The number of nitrogens with zero attached hydrogens (tertiary/aromatic N) is 1. The Morgan fingerprint density at radius 3 is 2.81 bits per heavy atom. The molecule has 3 heteroatoms. The van der Waals surface area contributed by atoms with E-state index in [4.69, 9.17) is 0 Å². The first kappa shape index (κ1) is 13.2. The molecular formula is C13H25N3. The highest BCUT2D eigenvalue weighted by Crippen LogP contribution is 2.13. The summed E-state index contributed by atoms with van der Waals surface area (Å²) in [6, 6.07) is 2.02. The zero-order valence-corrected chi connectivity index (χ0v) is 10.6. The van der Waals surface area contributed by atoms with Crippen molar-refractivity contribution in [3.05, 3.63) is 18.0 Å². The van der Waals surface area contributed by atoms with Crippen LogP contribution in [0.1, 0.15) is 51.6 Å². The van der Waals surface area contributed by atoms with Crippen LogP contribution >= 0.6 is 0 Å². The molecule has 0 saturated carbocycles. The van der Waals surface area contributed by atoms with Gasteiger partial charge in [0.15, 0.2) is 0 Å². The van der Waals surface area contributed by atoms with Crippen LogP contribution in [0.15, 0.2) is 12.3 Å². The Labute approximate surface area is 99.0 Å². The molecule has 1 atom stereocenters. The monoisotopic (exact) mass is 223 g/mol. The van der Waals surface area contributed by atoms with Gasteiger partial charge in [-0.2, -0.15) is 5.10 Å². The van der Waals surface area contributed by atoms with Crippen LogP contribution in [0.4, 0.5) is 0 Å². The summed E-state index contributed by atoms with van der Waals surface area (Å²) in [5.74, 6) is 0.841. The second-order valence-corrected chi connectivity index (χ2v) is 4.51. The van der Waals surface area contributed by atoms with Gasteiger partial charge in [0.1, 0.15) is 0 Å². The van der Waals surface area contributed by atoms with E-state index in [1.54, 1.807) is 6.20 Å². The van der Waals surface area contributed by atoms with Crippen molar-refractivity contribution in [1.82, 2.24) is 15.5 Å². The van der Waals surface area contributed by atoms with Crippen molar-refractivity contribution in [3.8, 4) is 0 Å². The van der Waals surface area contributed by atoms with E-state index in [-0.39, 0.29) is 0 Å². The number of aromatic amines is 1. The topological polar surface area (TPSA) is 40.7 Å². The van der Waals surface area contributed by atoms with Gasteiger partial charge < -0.3 is 5.32 Å². The third kappa shape index (κ3) is 5.31. The van der Waals surface area contributed by atoms with Crippen LogP contribution in [0.5, 0.6) is 0 Å². The van der Waals surface area contributed by atoms with Gasteiger partial charge in [0, 0.05) is 18.4 Å². The van der Waals surface area contributed by atoms with E-state index in [1.807, 2.05) is 6.07 Å². The molecule has 16 heavy (non-hydrogen) atoms. The third-order valence-corrected chi connectivity index (χ3v) is 2.97. The highest BCUT2D eigenvalue weighted by Gasteiger charge is 2.06. The molecule has 0 saturated heterocycles. The number of H-pyrrole nitrogens is 1. The molecule has 0 aliphatic carbocycles. The number of hydrogen-bond acceptors (Lipinski definition) is 2. The lowest BCUT2D eigenvalue weighted by molar-refractivity contribution is 0.400. The lowest BCUT2D eigenvalue weighted by Crippen LogP contribution is -2.22. The molecule has 1 aromatic rings. The summed E-state index contributed by atoms with van der Waals surface area (Å²) in [7, 11) is 0. The van der Waals surface area contributed by atoms with E-state index < -0.39 is 0 Å². The molecule has 1 aromatic heterocycles. The summed E-state index contributed by atoms with van der Waals surface area (Å²) in [5, 5.41) is 10.4. The van der Waals surface area contributed by atoms with Gasteiger partial charge in [0.05, 0.1) is 0 Å². The molecule has 0 aromatic carbocycles. The highest BCUT2D eigenvalue weighted by atomic mass is 15.1. The number of hydrogen-bond donors (Lipinski definition) is 2. The summed E-state index contributed by atoms with van der Waals surface area (Å²) in [6.07, 6.45) is 8.46. The van der Waals surface area contributed by atoms with E-state index in [0.717, 1.165) is 19.0 Å². The molecule has 0 aliphatic rings. The zero-order chi connectivity index (χ0) is 11.6. The Morgan fingerprint density at radius 2 is 2.19 bits per heavy atom. The first-order valence-electron chi connectivity index (χ1n) is 6.55. The molecule has 3 nitrogen and oxygen atoms in total. The minimum absolute atomic E-state index is 0.841. The van der Waals surface area contributed by atoms with E-state index in [1.165, 1.54) is 37.8 Å². The Bertz CT molecular complexity index is 244. The maximum absolute atomic E-state index is 3.94. The summed E-state index contributed by atoms with van der Waals surface area (Å²) >= 11 is 0. The standard InChI is InChI=1S/C13H25N3/c1-3-5-7-12(6-4-2)10-14-11-13-8-9-15-16-13/h8-9,12,14H,3-7,10-11H2,1-2H3,(H,15,16). The molecule has 2 N–H and O–H groups in total. The Morgan fingerprint density at radius 1 is 1.31 bits per heavy atom. The van der Waals surface area contributed by atoms with Crippen LogP contribution in [0.3, 0.4) is 0 Å². The molecule has 0 fully saturated rings. The average molecular weight is 223 g/mol. The van der Waals surface area contributed by atoms with Crippen molar-refractivity contribution in [2.24, 2.45) is 5.92 Å². The van der Waals surface area contributed by atoms with Crippen LogP contribution in [0, 0.1) is 5.92 Å². The predicted octanol–water partition coefficient (Wildman–Crippen LogP) is 3.11. The Hall–Kier alpha value is -0.830. The Kier molecular flexibility index (Phi) is 6.90. The third-order valence-electron chi connectivity index (χ3n) is 2.97. The van der Waals surface area contributed by atoms with Crippen molar-refractivity contribution < 1.29 is 0 Å². The fraction of sp³-hybridized carbons (Fsp3) is 0.769. The lowest BCUT2D eigenvalue weighted by Gasteiger charge is -2.16. The summed E-state index contributed by atoms with van der Waals surface area (Å²) in [5.41, 5.74) is 1.17. The Balaban J connectivity index is 2.15. The molecule has 1 rings (SSSR count). The van der Waals surface area contributed by atoms with E-state index in [9.17, 15) is 0 Å². The van der Waals surface area contributed by atoms with Crippen molar-refractivity contribution in [1.29, 1.82) is 0 Å². The molecule has 0 aliphatic heterocycles. The first-order chi connectivity index (χ1) is 7.86. The van der Waals surface area contributed by atoms with Gasteiger partial charge in [-0.25, -0.2) is 0 Å². The minimum atomic E-state index is 0.841. The fourth-order valence-electron chi connectivity index (χ4n) is 2.04. The quantitative estimate of drug-likeness (QED) is 0.675. The molecule has 0 bridgehead atoms. The van der Waals surface area contributed by atoms with E-state index in [2.05, 4.69) is 29.4 Å². The minimum Gasteiger partial charge on any atom is -0.311 e. The van der Waals surface area contributed by atoms with Crippen LogP contribution in [-0.2, 0) is 6.54 Å². The molecule has 1 heterocycles. The van der Waals surface area contributed by atoms with Crippen molar-refractivity contribution in [2.45, 2.75) is 52.5 Å².